The molecule has 8 heteroatoms. The number of carbonyl (C=O) groups excluding carboxylic acids is 1. The standard InChI is InChI=1S/C16H11N5O.C9H10N2/c22-10-14-9-21-15(7-18-16(21)8-17-14)12-3-1-2-11(4-12)13-5-19-20-6-13;1-11(2)9-5-3-8(7-10)4-6-9/h1-10H,(H,19,20);3-6H,1-2H3. The summed E-state index contributed by atoms with van der Waals surface area (Å²) in [6.07, 6.45) is 9.41. The summed E-state index contributed by atoms with van der Waals surface area (Å²) in [5.74, 6) is 0. The van der Waals surface area contributed by atoms with Crippen molar-refractivity contribution in [1.82, 2.24) is 24.6 Å². The third-order valence-electron chi connectivity index (χ3n) is 5.04. The molecule has 3 heterocycles. The lowest BCUT2D eigenvalue weighted by Crippen LogP contribution is -2.07. The Morgan fingerprint density at radius 3 is 2.45 bits per heavy atom. The minimum Gasteiger partial charge on any atom is -0.378 e. The fraction of sp³-hybridized carbons (Fsp3) is 0.0800. The molecule has 0 atom stereocenters. The molecule has 0 spiro atoms. The highest BCUT2D eigenvalue weighted by Crippen LogP contribution is 2.26. The van der Waals surface area contributed by atoms with E-state index in [0.29, 0.717) is 16.9 Å². The highest BCUT2D eigenvalue weighted by Gasteiger charge is 2.09. The first kappa shape index (κ1) is 21.5. The van der Waals surface area contributed by atoms with Crippen molar-refractivity contribution in [1.29, 1.82) is 5.26 Å². The number of fused-ring (bicyclic) bond motifs is 1. The van der Waals surface area contributed by atoms with E-state index in [1.54, 1.807) is 24.8 Å². The molecule has 5 rings (SSSR count). The molecule has 0 aliphatic rings. The first-order valence-electron chi connectivity index (χ1n) is 10.1. The summed E-state index contributed by atoms with van der Waals surface area (Å²) in [5.41, 5.74) is 6.89. The Morgan fingerprint density at radius 1 is 1.00 bits per heavy atom. The number of nitriles is 1. The van der Waals surface area contributed by atoms with E-state index in [0.717, 1.165) is 34.4 Å². The number of aldehydes is 1. The summed E-state index contributed by atoms with van der Waals surface area (Å²) in [5, 5.41) is 15.3. The fourth-order valence-corrected chi connectivity index (χ4v) is 3.28. The number of H-pyrrole nitrogens is 1. The van der Waals surface area contributed by atoms with Gasteiger partial charge >= 0.3 is 0 Å². The number of benzene rings is 2. The molecule has 8 nitrogen and oxygen atoms in total. The average molecular weight is 435 g/mol. The zero-order valence-corrected chi connectivity index (χ0v) is 18.2. The zero-order chi connectivity index (χ0) is 23.2. The highest BCUT2D eigenvalue weighted by atomic mass is 16.1. The minimum absolute atomic E-state index is 0.373. The van der Waals surface area contributed by atoms with Crippen molar-refractivity contribution in [3.05, 3.63) is 90.8 Å². The second-order valence-corrected chi connectivity index (χ2v) is 7.42. The zero-order valence-electron chi connectivity index (χ0n) is 18.2. The highest BCUT2D eigenvalue weighted by molar-refractivity contribution is 5.74. The number of anilines is 1. The molecule has 0 unspecified atom stereocenters. The molecule has 0 radical (unpaired) electrons. The van der Waals surface area contributed by atoms with Crippen LogP contribution in [0.4, 0.5) is 5.69 Å². The van der Waals surface area contributed by atoms with Crippen LogP contribution in [0, 0.1) is 11.3 Å². The Hall–Kier alpha value is -4.77. The molecule has 1 N–H and O–H groups in total. The number of imidazole rings is 1. The van der Waals surface area contributed by atoms with Crippen molar-refractivity contribution in [3.63, 3.8) is 0 Å². The maximum absolute atomic E-state index is 10.9. The molecule has 0 aliphatic carbocycles. The minimum atomic E-state index is 0.373. The van der Waals surface area contributed by atoms with Gasteiger partial charge in [-0.3, -0.25) is 14.3 Å². The monoisotopic (exact) mass is 435 g/mol. The van der Waals surface area contributed by atoms with Gasteiger partial charge in [-0.15, -0.1) is 0 Å². The summed E-state index contributed by atoms with van der Waals surface area (Å²) >= 11 is 0. The van der Waals surface area contributed by atoms with Crippen LogP contribution >= 0.6 is 0 Å². The van der Waals surface area contributed by atoms with E-state index in [1.807, 2.05) is 72.1 Å². The van der Waals surface area contributed by atoms with E-state index >= 15 is 0 Å². The Kier molecular flexibility index (Phi) is 6.23. The molecule has 5 aromatic rings. The Bertz CT molecular complexity index is 1410. The van der Waals surface area contributed by atoms with Crippen molar-refractivity contribution < 1.29 is 4.79 Å². The predicted molar refractivity (Wildman–Crippen MR) is 127 cm³/mol. The number of carbonyl (C=O) groups is 1. The summed E-state index contributed by atoms with van der Waals surface area (Å²) in [6, 6.07) is 17.6. The molecular weight excluding hydrogens is 414 g/mol. The summed E-state index contributed by atoms with van der Waals surface area (Å²) in [4.78, 5) is 21.3. The van der Waals surface area contributed by atoms with Gasteiger partial charge in [-0.1, -0.05) is 18.2 Å². The quantitative estimate of drug-likeness (QED) is 0.424. The predicted octanol–water partition coefficient (Wildman–Crippen LogP) is 4.22. The Morgan fingerprint density at radius 2 is 1.79 bits per heavy atom. The van der Waals surface area contributed by atoms with Crippen LogP contribution in [0.15, 0.2) is 79.5 Å². The SMILES string of the molecule is CN(C)c1ccc(C#N)cc1.O=Cc1cn2c(-c3cccc(-c4cn[nH]c4)c3)cnc2cn1. The van der Waals surface area contributed by atoms with Crippen molar-refractivity contribution in [2.75, 3.05) is 19.0 Å². The van der Waals surface area contributed by atoms with Crippen LogP contribution < -0.4 is 4.90 Å². The molecule has 0 saturated carbocycles. The molecule has 0 saturated heterocycles. The van der Waals surface area contributed by atoms with Crippen LogP contribution in [0.1, 0.15) is 16.1 Å². The molecule has 0 amide bonds. The van der Waals surface area contributed by atoms with Crippen molar-refractivity contribution in [3.8, 4) is 28.5 Å². The first-order chi connectivity index (χ1) is 16.1. The van der Waals surface area contributed by atoms with Gasteiger partial charge in [0.1, 0.15) is 5.69 Å². The maximum atomic E-state index is 10.9. The van der Waals surface area contributed by atoms with Gasteiger partial charge in [-0.2, -0.15) is 10.4 Å². The van der Waals surface area contributed by atoms with Gasteiger partial charge in [0.25, 0.3) is 0 Å². The lowest BCUT2D eigenvalue weighted by molar-refractivity contribution is 0.111. The molecule has 0 fully saturated rings. The van der Waals surface area contributed by atoms with Crippen LogP contribution in [0.25, 0.3) is 28.0 Å². The normalized spacial score (nSPS) is 10.2. The number of aromatic nitrogens is 5. The van der Waals surface area contributed by atoms with E-state index in [1.165, 1.54) is 0 Å². The van der Waals surface area contributed by atoms with Gasteiger partial charge in [-0.05, 0) is 35.9 Å². The number of aromatic amines is 1. The van der Waals surface area contributed by atoms with Gasteiger partial charge in [-0.25, -0.2) is 9.97 Å². The van der Waals surface area contributed by atoms with E-state index in [4.69, 9.17) is 5.26 Å². The molecule has 33 heavy (non-hydrogen) atoms. The average Bonchev–Trinajstić information content (AvgIpc) is 3.54. The molecule has 162 valence electrons. The molecular formula is C25H21N7O. The Labute approximate surface area is 190 Å². The topological polar surface area (TPSA) is 103 Å². The summed E-state index contributed by atoms with van der Waals surface area (Å²) < 4.78 is 1.87. The van der Waals surface area contributed by atoms with Crippen LogP contribution in [-0.2, 0) is 0 Å². The van der Waals surface area contributed by atoms with Gasteiger partial charge in [0, 0.05) is 43.3 Å². The van der Waals surface area contributed by atoms with Gasteiger partial charge in [0.05, 0.1) is 35.9 Å². The van der Waals surface area contributed by atoms with Crippen LogP contribution in [0.5, 0.6) is 0 Å². The second-order valence-electron chi connectivity index (χ2n) is 7.42. The van der Waals surface area contributed by atoms with Crippen molar-refractivity contribution >= 4 is 17.6 Å². The number of rotatable bonds is 4. The lowest BCUT2D eigenvalue weighted by Gasteiger charge is -2.11. The largest absolute Gasteiger partial charge is 0.378 e. The third kappa shape index (κ3) is 4.78. The third-order valence-corrected chi connectivity index (χ3v) is 5.04. The van der Waals surface area contributed by atoms with Gasteiger partial charge in [0.15, 0.2) is 11.9 Å². The first-order valence-corrected chi connectivity index (χ1v) is 10.1. The maximum Gasteiger partial charge on any atom is 0.169 e. The van der Waals surface area contributed by atoms with Crippen LogP contribution in [0.3, 0.4) is 0 Å². The number of hydrogen-bond acceptors (Lipinski definition) is 6. The van der Waals surface area contributed by atoms with E-state index in [-0.39, 0.29) is 0 Å². The number of nitrogens with zero attached hydrogens (tertiary/aromatic N) is 6. The summed E-state index contributed by atoms with van der Waals surface area (Å²) in [6.45, 7) is 0. The van der Waals surface area contributed by atoms with Gasteiger partial charge in [0.2, 0.25) is 0 Å². The smallest absolute Gasteiger partial charge is 0.169 e. The van der Waals surface area contributed by atoms with Crippen molar-refractivity contribution in [2.24, 2.45) is 0 Å². The number of hydrogen-bond donors (Lipinski definition) is 1. The second kappa shape index (κ2) is 9.58. The Balaban J connectivity index is 0.000000200. The van der Waals surface area contributed by atoms with Crippen LogP contribution in [0.2, 0.25) is 0 Å². The van der Waals surface area contributed by atoms with Gasteiger partial charge < -0.3 is 4.90 Å². The van der Waals surface area contributed by atoms with E-state index in [9.17, 15) is 4.79 Å². The lowest BCUT2D eigenvalue weighted by atomic mass is 10.0. The van der Waals surface area contributed by atoms with Crippen LogP contribution in [-0.4, -0.2) is 44.9 Å². The summed E-state index contributed by atoms with van der Waals surface area (Å²) in [7, 11) is 3.95. The molecule has 0 aliphatic heterocycles. The fourth-order valence-electron chi connectivity index (χ4n) is 3.28. The molecule has 2 aromatic carbocycles. The van der Waals surface area contributed by atoms with E-state index < -0.39 is 0 Å². The van der Waals surface area contributed by atoms with Crippen molar-refractivity contribution in [2.45, 2.75) is 0 Å². The molecule has 0 bridgehead atoms. The number of nitrogens with one attached hydrogen (secondary N) is 1. The van der Waals surface area contributed by atoms with E-state index in [2.05, 4.69) is 32.3 Å². The molecule has 3 aromatic heterocycles.